The topological polar surface area (TPSA) is 73.4 Å². The first-order valence-corrected chi connectivity index (χ1v) is 11.5. The smallest absolute Gasteiger partial charge is 0.257 e. The molecule has 0 saturated carbocycles. The number of carbonyl (C=O) groups is 1. The molecule has 6 nitrogen and oxygen atoms in total. The van der Waals surface area contributed by atoms with Gasteiger partial charge in [-0.25, -0.2) is 4.98 Å². The molecule has 4 rings (SSSR count). The van der Waals surface area contributed by atoms with E-state index in [2.05, 4.69) is 29.8 Å². The molecule has 2 heterocycles. The van der Waals surface area contributed by atoms with Crippen LogP contribution in [0.5, 0.6) is 0 Å². The van der Waals surface area contributed by atoms with Crippen molar-refractivity contribution in [3.05, 3.63) is 59.7 Å². The second-order valence-electron chi connectivity index (χ2n) is 8.04. The predicted molar refractivity (Wildman–Crippen MR) is 122 cm³/mol. The Morgan fingerprint density at radius 3 is 2.55 bits per heavy atom. The summed E-state index contributed by atoms with van der Waals surface area (Å²) in [6, 6.07) is 17.7. The number of hydrogen-bond acceptors (Lipinski definition) is 6. The number of aromatic nitrogens is 1. The summed E-state index contributed by atoms with van der Waals surface area (Å²) in [6.07, 6.45) is 0. The number of fused-ring (bicyclic) bond motifs is 1. The van der Waals surface area contributed by atoms with E-state index >= 15 is 0 Å². The number of nitrogens with zero attached hydrogens (tertiary/aromatic N) is 4. The van der Waals surface area contributed by atoms with Gasteiger partial charge in [-0.15, -0.1) is 0 Å². The number of hydrogen-bond donors (Lipinski definition) is 0. The second kappa shape index (κ2) is 9.54. The van der Waals surface area contributed by atoms with Gasteiger partial charge in [-0.3, -0.25) is 9.69 Å². The molecule has 1 unspecified atom stereocenters. The first kappa shape index (κ1) is 21.4. The number of amides is 1. The predicted octanol–water partition coefficient (Wildman–Crippen LogP) is 4.43. The van der Waals surface area contributed by atoms with Gasteiger partial charge >= 0.3 is 0 Å². The lowest BCUT2D eigenvalue weighted by atomic mass is 10.0. The number of piperazine rings is 1. The molecule has 1 aromatic heterocycles. The van der Waals surface area contributed by atoms with Crippen molar-refractivity contribution in [2.45, 2.75) is 30.9 Å². The number of nitriles is 1. The quantitative estimate of drug-likeness (QED) is 0.535. The van der Waals surface area contributed by atoms with Crippen molar-refractivity contribution >= 4 is 28.8 Å². The van der Waals surface area contributed by atoms with Crippen LogP contribution >= 0.6 is 11.8 Å². The van der Waals surface area contributed by atoms with Gasteiger partial charge in [-0.1, -0.05) is 55.9 Å². The summed E-state index contributed by atoms with van der Waals surface area (Å²) >= 11 is 1.50. The third kappa shape index (κ3) is 4.76. The fraction of sp³-hybridized carbons (Fsp3) is 0.375. The Kier molecular flexibility index (Phi) is 6.59. The molecule has 1 saturated heterocycles. The Morgan fingerprint density at radius 1 is 1.13 bits per heavy atom. The molecule has 2 aromatic carbocycles. The Morgan fingerprint density at radius 2 is 1.84 bits per heavy atom. The van der Waals surface area contributed by atoms with Crippen molar-refractivity contribution < 1.29 is 9.21 Å². The van der Waals surface area contributed by atoms with Crippen LogP contribution in [0, 0.1) is 17.2 Å². The summed E-state index contributed by atoms with van der Waals surface area (Å²) in [5, 5.41) is 10.1. The third-order valence-electron chi connectivity index (χ3n) is 5.63. The largest absolute Gasteiger partial charge is 0.431 e. The van der Waals surface area contributed by atoms with E-state index in [1.165, 1.54) is 11.8 Å². The number of para-hydroxylation sites is 2. The zero-order valence-electron chi connectivity index (χ0n) is 17.8. The summed E-state index contributed by atoms with van der Waals surface area (Å²) in [5.41, 5.74) is 3.30. The molecular weight excluding hydrogens is 408 g/mol. The van der Waals surface area contributed by atoms with Crippen LogP contribution in [0.4, 0.5) is 0 Å². The highest BCUT2D eigenvalue weighted by atomic mass is 32.2. The van der Waals surface area contributed by atoms with Crippen LogP contribution in [0.1, 0.15) is 29.8 Å². The van der Waals surface area contributed by atoms with E-state index in [1.54, 1.807) is 0 Å². The standard InChI is InChI=1S/C24H26N4O2S/c1-17(2)21(15-25)27-11-13-28(14-12-27)23(29)19-8-4-3-7-18(19)16-31-24-26-20-9-5-6-10-22(20)30-24/h3-10,17,21H,11-14,16H2,1-2H3. The van der Waals surface area contributed by atoms with Crippen LogP contribution in [0.3, 0.4) is 0 Å². The highest BCUT2D eigenvalue weighted by molar-refractivity contribution is 7.98. The maximum absolute atomic E-state index is 13.2. The highest BCUT2D eigenvalue weighted by Gasteiger charge is 2.28. The zero-order valence-corrected chi connectivity index (χ0v) is 18.6. The van der Waals surface area contributed by atoms with E-state index in [0.29, 0.717) is 24.1 Å². The van der Waals surface area contributed by atoms with Crippen LogP contribution in [0.15, 0.2) is 58.2 Å². The lowest BCUT2D eigenvalue weighted by molar-refractivity contribution is 0.0576. The lowest BCUT2D eigenvalue weighted by Crippen LogP contribution is -2.52. The molecule has 1 amide bonds. The van der Waals surface area contributed by atoms with E-state index in [0.717, 1.165) is 35.3 Å². The molecule has 7 heteroatoms. The molecule has 31 heavy (non-hydrogen) atoms. The minimum absolute atomic E-state index is 0.0477. The molecule has 1 aliphatic heterocycles. The van der Waals surface area contributed by atoms with Crippen LogP contribution in [0.2, 0.25) is 0 Å². The Bertz CT molecular complexity index is 1060. The summed E-state index contributed by atoms with van der Waals surface area (Å²) in [7, 11) is 0. The van der Waals surface area contributed by atoms with Gasteiger partial charge in [0.2, 0.25) is 0 Å². The first-order chi connectivity index (χ1) is 15.1. The third-order valence-corrected chi connectivity index (χ3v) is 6.51. The van der Waals surface area contributed by atoms with E-state index in [4.69, 9.17) is 4.42 Å². The lowest BCUT2D eigenvalue weighted by Gasteiger charge is -2.38. The van der Waals surface area contributed by atoms with Gasteiger partial charge in [-0.05, 0) is 29.7 Å². The average Bonchev–Trinajstić information content (AvgIpc) is 3.21. The van der Waals surface area contributed by atoms with Crippen LogP contribution in [0.25, 0.3) is 11.1 Å². The van der Waals surface area contributed by atoms with Crippen molar-refractivity contribution in [1.29, 1.82) is 5.26 Å². The van der Waals surface area contributed by atoms with Gasteiger partial charge in [0.05, 0.1) is 6.07 Å². The zero-order chi connectivity index (χ0) is 21.8. The molecule has 0 N–H and O–H groups in total. The minimum Gasteiger partial charge on any atom is -0.431 e. The van der Waals surface area contributed by atoms with E-state index in [1.807, 2.05) is 53.4 Å². The normalized spacial score (nSPS) is 15.9. The summed E-state index contributed by atoms with van der Waals surface area (Å²) in [5.74, 6) is 0.932. The molecule has 0 radical (unpaired) electrons. The van der Waals surface area contributed by atoms with Crippen molar-refractivity contribution in [3.63, 3.8) is 0 Å². The van der Waals surface area contributed by atoms with Gasteiger partial charge in [-0.2, -0.15) is 5.26 Å². The number of oxazole rings is 1. The Balaban J connectivity index is 1.42. The van der Waals surface area contributed by atoms with Gasteiger partial charge in [0, 0.05) is 37.5 Å². The van der Waals surface area contributed by atoms with Crippen LogP contribution in [-0.2, 0) is 5.75 Å². The van der Waals surface area contributed by atoms with Gasteiger partial charge in [0.1, 0.15) is 11.6 Å². The number of carbonyl (C=O) groups excluding carboxylic acids is 1. The molecule has 3 aromatic rings. The molecular formula is C24H26N4O2S. The fourth-order valence-electron chi connectivity index (χ4n) is 3.93. The molecule has 1 atom stereocenters. The average molecular weight is 435 g/mol. The summed E-state index contributed by atoms with van der Waals surface area (Å²) in [6.45, 7) is 6.85. The Labute approximate surface area is 186 Å². The number of thioether (sulfide) groups is 1. The van der Waals surface area contributed by atoms with E-state index in [-0.39, 0.29) is 17.9 Å². The molecule has 1 aliphatic rings. The van der Waals surface area contributed by atoms with E-state index in [9.17, 15) is 10.1 Å². The highest BCUT2D eigenvalue weighted by Crippen LogP contribution is 2.28. The molecule has 1 fully saturated rings. The summed E-state index contributed by atoms with van der Waals surface area (Å²) < 4.78 is 5.80. The SMILES string of the molecule is CC(C)C(C#N)N1CCN(C(=O)c2ccccc2CSc2nc3ccccc3o2)CC1. The molecule has 0 spiro atoms. The van der Waals surface area contributed by atoms with Crippen LogP contribution in [-0.4, -0.2) is 52.9 Å². The number of rotatable bonds is 6. The fourth-order valence-corrected chi connectivity index (χ4v) is 4.78. The monoisotopic (exact) mass is 434 g/mol. The molecule has 160 valence electrons. The van der Waals surface area contributed by atoms with Crippen LogP contribution < -0.4 is 0 Å². The Hall–Kier alpha value is -2.82. The van der Waals surface area contributed by atoms with Gasteiger partial charge in [0.15, 0.2) is 5.58 Å². The van der Waals surface area contributed by atoms with Gasteiger partial charge in [0.25, 0.3) is 11.1 Å². The maximum Gasteiger partial charge on any atom is 0.257 e. The van der Waals surface area contributed by atoms with Crippen molar-refractivity contribution in [3.8, 4) is 6.07 Å². The first-order valence-electron chi connectivity index (χ1n) is 10.6. The summed E-state index contributed by atoms with van der Waals surface area (Å²) in [4.78, 5) is 21.8. The second-order valence-corrected chi connectivity index (χ2v) is 8.97. The van der Waals surface area contributed by atoms with Crippen molar-refractivity contribution in [2.24, 2.45) is 5.92 Å². The minimum atomic E-state index is -0.0998. The molecule has 0 bridgehead atoms. The van der Waals surface area contributed by atoms with Gasteiger partial charge < -0.3 is 9.32 Å². The van der Waals surface area contributed by atoms with Crippen molar-refractivity contribution in [2.75, 3.05) is 26.2 Å². The maximum atomic E-state index is 13.2. The van der Waals surface area contributed by atoms with E-state index < -0.39 is 0 Å². The van der Waals surface area contributed by atoms with Crippen molar-refractivity contribution in [1.82, 2.24) is 14.8 Å². The molecule has 0 aliphatic carbocycles. The number of benzene rings is 2.